The fourth-order valence-electron chi connectivity index (χ4n) is 3.70. The number of hydrogen-bond donors (Lipinski definition) is 1. The van der Waals surface area contributed by atoms with Gasteiger partial charge in [-0.05, 0) is 31.9 Å². The number of rotatable bonds is 3. The highest BCUT2D eigenvalue weighted by Gasteiger charge is 2.40. The van der Waals surface area contributed by atoms with E-state index >= 15 is 0 Å². The number of nitrogens with zero attached hydrogens (tertiary/aromatic N) is 3. The number of aromatic nitrogens is 1. The van der Waals surface area contributed by atoms with Crippen molar-refractivity contribution < 1.29 is 4.74 Å². The zero-order valence-electron chi connectivity index (χ0n) is 12.9. The number of anilines is 1. The van der Waals surface area contributed by atoms with Crippen LogP contribution in [0.15, 0.2) is 24.4 Å². The Labute approximate surface area is 127 Å². The molecule has 2 aliphatic rings. The second kappa shape index (κ2) is 6.30. The molecule has 0 saturated carbocycles. The second-order valence-corrected chi connectivity index (χ2v) is 6.23. The Morgan fingerprint density at radius 2 is 2.14 bits per heavy atom. The number of hydrogen-bond acceptors (Lipinski definition) is 5. The molecule has 0 amide bonds. The number of ether oxygens (including phenoxy) is 1. The van der Waals surface area contributed by atoms with Crippen LogP contribution in [0.5, 0.6) is 0 Å². The average molecular weight is 290 g/mol. The van der Waals surface area contributed by atoms with Crippen LogP contribution in [0.2, 0.25) is 0 Å². The molecule has 3 heterocycles. The first kappa shape index (κ1) is 14.8. The van der Waals surface area contributed by atoms with Gasteiger partial charge in [-0.15, -0.1) is 0 Å². The summed E-state index contributed by atoms with van der Waals surface area (Å²) in [6, 6.07) is 6.10. The molecular formula is C16H26N4O. The molecule has 0 bridgehead atoms. The van der Waals surface area contributed by atoms with Gasteiger partial charge in [-0.1, -0.05) is 6.07 Å². The van der Waals surface area contributed by atoms with Crippen LogP contribution in [0.3, 0.4) is 0 Å². The lowest BCUT2D eigenvalue weighted by Gasteiger charge is -2.50. The normalized spacial score (nSPS) is 31.3. The van der Waals surface area contributed by atoms with Gasteiger partial charge in [0.15, 0.2) is 0 Å². The monoisotopic (exact) mass is 290 g/mol. The predicted molar refractivity (Wildman–Crippen MR) is 84.5 cm³/mol. The number of nitrogens with two attached hydrogens (primary N) is 1. The molecule has 1 aromatic rings. The summed E-state index contributed by atoms with van der Waals surface area (Å²) in [4.78, 5) is 9.41. The van der Waals surface area contributed by atoms with Crippen molar-refractivity contribution in [2.75, 3.05) is 44.2 Å². The molecular weight excluding hydrogens is 264 g/mol. The first-order chi connectivity index (χ1) is 10.2. The van der Waals surface area contributed by atoms with E-state index in [9.17, 15) is 0 Å². The molecule has 0 aromatic carbocycles. The first-order valence-corrected chi connectivity index (χ1v) is 7.96. The third-order valence-electron chi connectivity index (χ3n) is 4.94. The van der Waals surface area contributed by atoms with E-state index in [1.165, 1.54) is 0 Å². The molecule has 2 saturated heterocycles. The van der Waals surface area contributed by atoms with Gasteiger partial charge in [0.2, 0.25) is 0 Å². The zero-order chi connectivity index (χ0) is 14.7. The van der Waals surface area contributed by atoms with Gasteiger partial charge in [0.05, 0.1) is 6.10 Å². The SMILES string of the molecule is CC1CC(CN)(N2CCN(c3ccccn3)CC2)CCO1. The van der Waals surface area contributed by atoms with Crippen molar-refractivity contribution in [1.82, 2.24) is 9.88 Å². The van der Waals surface area contributed by atoms with E-state index in [0.717, 1.165) is 58.0 Å². The summed E-state index contributed by atoms with van der Waals surface area (Å²) in [7, 11) is 0. The quantitative estimate of drug-likeness (QED) is 0.903. The van der Waals surface area contributed by atoms with Gasteiger partial charge >= 0.3 is 0 Å². The lowest BCUT2D eigenvalue weighted by atomic mass is 9.84. The Morgan fingerprint density at radius 1 is 1.33 bits per heavy atom. The Morgan fingerprint density at radius 3 is 2.76 bits per heavy atom. The minimum Gasteiger partial charge on any atom is -0.378 e. The highest BCUT2D eigenvalue weighted by Crippen LogP contribution is 2.31. The van der Waals surface area contributed by atoms with Crippen molar-refractivity contribution in [3.63, 3.8) is 0 Å². The number of pyridine rings is 1. The topological polar surface area (TPSA) is 54.6 Å². The van der Waals surface area contributed by atoms with E-state index in [-0.39, 0.29) is 5.54 Å². The molecule has 5 nitrogen and oxygen atoms in total. The van der Waals surface area contributed by atoms with Crippen LogP contribution >= 0.6 is 0 Å². The zero-order valence-corrected chi connectivity index (χ0v) is 12.9. The van der Waals surface area contributed by atoms with Gasteiger partial charge in [-0.2, -0.15) is 0 Å². The Bertz CT molecular complexity index is 447. The molecule has 0 aliphatic carbocycles. The molecule has 116 valence electrons. The first-order valence-electron chi connectivity index (χ1n) is 7.96. The molecule has 2 aliphatic heterocycles. The van der Waals surface area contributed by atoms with Gasteiger partial charge in [-0.25, -0.2) is 4.98 Å². The molecule has 2 atom stereocenters. The standard InChI is InChI=1S/C16H26N4O/c1-14-12-16(13-17,5-11-21-14)20-9-7-19(8-10-20)15-4-2-3-6-18-15/h2-4,6,14H,5,7-13,17H2,1H3. The summed E-state index contributed by atoms with van der Waals surface area (Å²) in [5, 5.41) is 0. The largest absolute Gasteiger partial charge is 0.378 e. The molecule has 3 rings (SSSR count). The minimum absolute atomic E-state index is 0.133. The Hall–Kier alpha value is -1.17. The van der Waals surface area contributed by atoms with Crippen LogP contribution in [0.1, 0.15) is 19.8 Å². The van der Waals surface area contributed by atoms with E-state index in [0.29, 0.717) is 6.10 Å². The van der Waals surface area contributed by atoms with Crippen LogP contribution in [-0.2, 0) is 4.74 Å². The van der Waals surface area contributed by atoms with Crippen molar-refractivity contribution >= 4 is 5.82 Å². The molecule has 21 heavy (non-hydrogen) atoms. The summed E-state index contributed by atoms with van der Waals surface area (Å²) in [6.45, 7) is 7.87. The highest BCUT2D eigenvalue weighted by molar-refractivity contribution is 5.38. The lowest BCUT2D eigenvalue weighted by Crippen LogP contribution is -2.63. The van der Waals surface area contributed by atoms with Gasteiger partial charge in [0.1, 0.15) is 5.82 Å². The summed E-state index contributed by atoms with van der Waals surface area (Å²) in [5.74, 6) is 1.08. The third kappa shape index (κ3) is 3.05. The van der Waals surface area contributed by atoms with Crippen LogP contribution in [-0.4, -0.2) is 60.9 Å². The average Bonchev–Trinajstić information content (AvgIpc) is 2.56. The van der Waals surface area contributed by atoms with Gasteiger partial charge in [-0.3, -0.25) is 4.90 Å². The van der Waals surface area contributed by atoms with Crippen molar-refractivity contribution in [3.05, 3.63) is 24.4 Å². The lowest BCUT2D eigenvalue weighted by molar-refractivity contribution is -0.0651. The van der Waals surface area contributed by atoms with E-state index in [1.807, 2.05) is 12.3 Å². The van der Waals surface area contributed by atoms with Crippen molar-refractivity contribution in [2.45, 2.75) is 31.4 Å². The summed E-state index contributed by atoms with van der Waals surface area (Å²) in [6.07, 6.45) is 4.28. The van der Waals surface area contributed by atoms with Crippen LogP contribution in [0, 0.1) is 0 Å². The molecule has 1 aromatic heterocycles. The maximum absolute atomic E-state index is 6.15. The van der Waals surface area contributed by atoms with E-state index in [1.54, 1.807) is 0 Å². The van der Waals surface area contributed by atoms with Gasteiger partial charge in [0.25, 0.3) is 0 Å². The van der Waals surface area contributed by atoms with Crippen molar-refractivity contribution in [3.8, 4) is 0 Å². The predicted octanol–water partition coefficient (Wildman–Crippen LogP) is 1.10. The van der Waals surface area contributed by atoms with Gasteiger partial charge in [0, 0.05) is 51.1 Å². The Kier molecular flexibility index (Phi) is 4.42. The summed E-state index contributed by atoms with van der Waals surface area (Å²) in [5.41, 5.74) is 6.29. The second-order valence-electron chi connectivity index (χ2n) is 6.23. The maximum Gasteiger partial charge on any atom is 0.128 e. The smallest absolute Gasteiger partial charge is 0.128 e. The minimum atomic E-state index is 0.133. The van der Waals surface area contributed by atoms with Crippen molar-refractivity contribution in [1.29, 1.82) is 0 Å². The maximum atomic E-state index is 6.15. The van der Waals surface area contributed by atoms with E-state index in [4.69, 9.17) is 10.5 Å². The molecule has 2 fully saturated rings. The van der Waals surface area contributed by atoms with Crippen LogP contribution < -0.4 is 10.6 Å². The summed E-state index contributed by atoms with van der Waals surface area (Å²) >= 11 is 0. The molecule has 0 spiro atoms. The van der Waals surface area contributed by atoms with E-state index < -0.39 is 0 Å². The molecule has 5 heteroatoms. The molecule has 2 N–H and O–H groups in total. The van der Waals surface area contributed by atoms with Gasteiger partial charge < -0.3 is 15.4 Å². The Balaban J connectivity index is 1.64. The van der Waals surface area contributed by atoms with E-state index in [2.05, 4.69) is 33.8 Å². The van der Waals surface area contributed by atoms with Crippen molar-refractivity contribution in [2.24, 2.45) is 5.73 Å². The summed E-state index contributed by atoms with van der Waals surface area (Å²) < 4.78 is 5.71. The van der Waals surface area contributed by atoms with Crippen LogP contribution in [0.25, 0.3) is 0 Å². The highest BCUT2D eigenvalue weighted by atomic mass is 16.5. The molecule has 0 radical (unpaired) electrons. The fraction of sp³-hybridized carbons (Fsp3) is 0.688. The molecule has 2 unspecified atom stereocenters. The number of piperazine rings is 1. The van der Waals surface area contributed by atoms with Crippen LogP contribution in [0.4, 0.5) is 5.82 Å². The third-order valence-corrected chi connectivity index (χ3v) is 4.94. The fourth-order valence-corrected chi connectivity index (χ4v) is 3.70.